The number of imidazole rings is 1. The summed E-state index contributed by atoms with van der Waals surface area (Å²) in [5.41, 5.74) is 2.24. The Balaban J connectivity index is 1.78. The number of fused-ring (bicyclic) bond motifs is 1. The highest BCUT2D eigenvalue weighted by Crippen LogP contribution is 2.21. The van der Waals surface area contributed by atoms with E-state index >= 15 is 0 Å². The van der Waals surface area contributed by atoms with E-state index < -0.39 is 12.1 Å². The van der Waals surface area contributed by atoms with Crippen LogP contribution in [0, 0.1) is 11.3 Å². The van der Waals surface area contributed by atoms with Crippen LogP contribution in [0.2, 0.25) is 0 Å². The molecule has 0 unspecified atom stereocenters. The summed E-state index contributed by atoms with van der Waals surface area (Å²) in [5.74, 6) is -0.746. The van der Waals surface area contributed by atoms with Crippen LogP contribution in [0.1, 0.15) is 18.3 Å². The van der Waals surface area contributed by atoms with Crippen LogP contribution in [0.4, 0.5) is 0 Å². The topological polar surface area (TPSA) is 99.0 Å². The number of allylic oxidation sites excluding steroid dienone is 1. The molecular formula is C19H15N3O3S. The summed E-state index contributed by atoms with van der Waals surface area (Å²) in [6.45, 7) is 1.49. The first-order valence-electron chi connectivity index (χ1n) is 7.77. The number of nitrogens with one attached hydrogen (secondary N) is 1. The molecule has 7 heteroatoms. The van der Waals surface area contributed by atoms with Gasteiger partial charge in [-0.25, -0.2) is 9.78 Å². The number of aromatic amines is 1. The molecule has 0 saturated carbocycles. The van der Waals surface area contributed by atoms with Crippen molar-refractivity contribution in [3.8, 4) is 6.07 Å². The van der Waals surface area contributed by atoms with Crippen molar-refractivity contribution in [1.82, 2.24) is 9.97 Å². The number of aliphatic hydroxyl groups is 1. The lowest BCUT2D eigenvalue weighted by Gasteiger charge is -2.12. The Morgan fingerprint density at radius 2 is 2.23 bits per heavy atom. The maximum Gasteiger partial charge on any atom is 0.331 e. The van der Waals surface area contributed by atoms with Gasteiger partial charge in [0.25, 0.3) is 0 Å². The Bertz CT molecular complexity index is 993. The minimum atomic E-state index is -0.988. The molecule has 2 N–H and O–H groups in total. The average molecular weight is 365 g/mol. The number of esters is 1. The van der Waals surface area contributed by atoms with Crippen molar-refractivity contribution < 1.29 is 14.6 Å². The second kappa shape index (κ2) is 7.68. The molecule has 0 saturated heterocycles. The standard InChI is InChI=1S/C19H15N3O3S/c1-12(25-17(23)7-6-13-8-9-26-11-13)18(24)14(10-20)19-21-15-4-2-3-5-16(15)22-19/h2-9,11-12,24H,1H3,(H,21,22)/b7-6+,18-14-/t12-/m0/s1. The van der Waals surface area contributed by atoms with Gasteiger partial charge in [0.15, 0.2) is 17.7 Å². The van der Waals surface area contributed by atoms with Crippen LogP contribution < -0.4 is 0 Å². The third-order valence-corrected chi connectivity index (χ3v) is 4.33. The molecule has 0 aliphatic rings. The maximum absolute atomic E-state index is 11.9. The van der Waals surface area contributed by atoms with Crippen LogP contribution in [0.5, 0.6) is 0 Å². The Labute approximate surface area is 153 Å². The summed E-state index contributed by atoms with van der Waals surface area (Å²) in [7, 11) is 0. The first kappa shape index (κ1) is 17.5. The molecule has 0 aliphatic heterocycles. The monoisotopic (exact) mass is 365 g/mol. The maximum atomic E-state index is 11.9. The van der Waals surface area contributed by atoms with Gasteiger partial charge >= 0.3 is 5.97 Å². The first-order valence-corrected chi connectivity index (χ1v) is 8.72. The lowest BCUT2D eigenvalue weighted by molar-refractivity contribution is -0.141. The van der Waals surface area contributed by atoms with E-state index in [1.54, 1.807) is 12.1 Å². The normalized spacial score (nSPS) is 13.4. The van der Waals surface area contributed by atoms with Crippen molar-refractivity contribution in [2.45, 2.75) is 13.0 Å². The van der Waals surface area contributed by atoms with E-state index in [-0.39, 0.29) is 17.2 Å². The van der Waals surface area contributed by atoms with Gasteiger partial charge in [0, 0.05) is 6.08 Å². The van der Waals surface area contributed by atoms with Crippen molar-refractivity contribution in [1.29, 1.82) is 5.26 Å². The number of nitrogens with zero attached hydrogens (tertiary/aromatic N) is 2. The minimum absolute atomic E-state index is 0.0664. The molecule has 6 nitrogen and oxygen atoms in total. The molecule has 0 bridgehead atoms. The Morgan fingerprint density at radius 3 is 2.92 bits per heavy atom. The lowest BCUT2D eigenvalue weighted by atomic mass is 10.2. The molecule has 0 amide bonds. The molecule has 1 atom stereocenters. The fourth-order valence-corrected chi connectivity index (χ4v) is 2.94. The molecule has 3 rings (SSSR count). The number of hydrogen-bond donors (Lipinski definition) is 2. The number of nitriles is 1. The molecule has 130 valence electrons. The zero-order valence-corrected chi connectivity index (χ0v) is 14.7. The second-order valence-corrected chi connectivity index (χ2v) is 6.22. The van der Waals surface area contributed by atoms with E-state index in [0.717, 1.165) is 11.1 Å². The number of para-hydroxylation sites is 2. The summed E-state index contributed by atoms with van der Waals surface area (Å²) < 4.78 is 5.17. The SMILES string of the molecule is C[C@H](OC(=O)/C=C/c1ccsc1)/C(O)=C(\C#N)c1nc2ccccc2[nH]1. The molecule has 0 radical (unpaired) electrons. The molecule has 26 heavy (non-hydrogen) atoms. The Hall–Kier alpha value is -3.37. The number of aliphatic hydroxyl groups excluding tert-OH is 1. The van der Waals surface area contributed by atoms with Crippen LogP contribution >= 0.6 is 11.3 Å². The summed E-state index contributed by atoms with van der Waals surface area (Å²) in [6.07, 6.45) is 1.91. The van der Waals surface area contributed by atoms with E-state index in [4.69, 9.17) is 4.74 Å². The molecule has 2 heterocycles. The first-order chi connectivity index (χ1) is 12.6. The third kappa shape index (κ3) is 3.82. The summed E-state index contributed by atoms with van der Waals surface area (Å²) in [6, 6.07) is 11.1. The highest BCUT2D eigenvalue weighted by atomic mass is 32.1. The molecule has 3 aromatic rings. The predicted octanol–water partition coefficient (Wildman–Crippen LogP) is 4.06. The van der Waals surface area contributed by atoms with E-state index in [2.05, 4.69) is 9.97 Å². The fraction of sp³-hybridized carbons (Fsp3) is 0.105. The second-order valence-electron chi connectivity index (χ2n) is 5.44. The van der Waals surface area contributed by atoms with Gasteiger partial charge in [-0.3, -0.25) is 0 Å². The van der Waals surface area contributed by atoms with Crippen LogP contribution in [-0.4, -0.2) is 27.1 Å². The van der Waals surface area contributed by atoms with E-state index in [0.29, 0.717) is 5.52 Å². The number of hydrogen-bond acceptors (Lipinski definition) is 6. The van der Waals surface area contributed by atoms with Crippen molar-refractivity contribution >= 4 is 40.0 Å². The molecule has 0 spiro atoms. The number of carbonyl (C=O) groups excluding carboxylic acids is 1. The third-order valence-electron chi connectivity index (χ3n) is 3.63. The highest BCUT2D eigenvalue weighted by molar-refractivity contribution is 7.08. The summed E-state index contributed by atoms with van der Waals surface area (Å²) in [5, 5.41) is 23.5. The van der Waals surface area contributed by atoms with E-state index in [9.17, 15) is 15.2 Å². The lowest BCUT2D eigenvalue weighted by Crippen LogP contribution is -2.17. The van der Waals surface area contributed by atoms with E-state index in [1.807, 2.05) is 41.1 Å². The number of rotatable bonds is 5. The number of aromatic nitrogens is 2. The smallest absolute Gasteiger partial charge is 0.331 e. The molecule has 0 fully saturated rings. The number of benzene rings is 1. The molecule has 1 aromatic carbocycles. The van der Waals surface area contributed by atoms with Gasteiger partial charge in [-0.2, -0.15) is 16.6 Å². The predicted molar refractivity (Wildman–Crippen MR) is 100 cm³/mol. The number of H-pyrrole nitrogens is 1. The number of carbonyl (C=O) groups is 1. The van der Waals surface area contributed by atoms with Crippen molar-refractivity contribution in [2.75, 3.05) is 0 Å². The zero-order chi connectivity index (χ0) is 18.5. The molecular weight excluding hydrogens is 350 g/mol. The van der Waals surface area contributed by atoms with Gasteiger partial charge in [0.1, 0.15) is 11.6 Å². The Kier molecular flexibility index (Phi) is 5.15. The average Bonchev–Trinajstić information content (AvgIpc) is 3.29. The van der Waals surface area contributed by atoms with Crippen LogP contribution in [0.3, 0.4) is 0 Å². The number of thiophene rings is 1. The zero-order valence-electron chi connectivity index (χ0n) is 13.8. The van der Waals surface area contributed by atoms with Gasteiger partial charge in [0.2, 0.25) is 0 Å². The van der Waals surface area contributed by atoms with E-state index in [1.165, 1.54) is 24.3 Å². The molecule has 2 aromatic heterocycles. The van der Waals surface area contributed by atoms with Gasteiger partial charge in [-0.1, -0.05) is 12.1 Å². The largest absolute Gasteiger partial charge is 0.507 e. The van der Waals surface area contributed by atoms with Crippen molar-refractivity contribution in [3.63, 3.8) is 0 Å². The molecule has 0 aliphatic carbocycles. The highest BCUT2D eigenvalue weighted by Gasteiger charge is 2.20. The fourth-order valence-electron chi connectivity index (χ4n) is 2.31. The van der Waals surface area contributed by atoms with Crippen LogP contribution in [0.25, 0.3) is 22.7 Å². The summed E-state index contributed by atoms with van der Waals surface area (Å²) in [4.78, 5) is 19.2. The van der Waals surface area contributed by atoms with Crippen molar-refractivity contribution in [2.24, 2.45) is 0 Å². The number of ether oxygens (including phenoxy) is 1. The van der Waals surface area contributed by atoms with Crippen molar-refractivity contribution in [3.05, 3.63) is 64.3 Å². The Morgan fingerprint density at radius 1 is 1.42 bits per heavy atom. The van der Waals surface area contributed by atoms with Gasteiger partial charge in [-0.15, -0.1) is 0 Å². The van der Waals surface area contributed by atoms with Gasteiger partial charge in [-0.05, 0) is 47.5 Å². The summed E-state index contributed by atoms with van der Waals surface area (Å²) >= 11 is 1.52. The quantitative estimate of drug-likeness (QED) is 0.307. The minimum Gasteiger partial charge on any atom is -0.507 e. The van der Waals surface area contributed by atoms with Crippen LogP contribution in [0.15, 0.2) is 52.9 Å². The van der Waals surface area contributed by atoms with Gasteiger partial charge in [0.05, 0.1) is 11.0 Å². The van der Waals surface area contributed by atoms with Gasteiger partial charge < -0.3 is 14.8 Å². The van der Waals surface area contributed by atoms with Crippen LogP contribution in [-0.2, 0) is 9.53 Å².